The van der Waals surface area contributed by atoms with Crippen LogP contribution in [0.1, 0.15) is 34.5 Å². The molecule has 24 heavy (non-hydrogen) atoms. The Morgan fingerprint density at radius 3 is 2.33 bits per heavy atom. The molecular weight excluding hydrogens is 331 g/mol. The van der Waals surface area contributed by atoms with Gasteiger partial charge < -0.3 is 5.32 Å². The van der Waals surface area contributed by atoms with Gasteiger partial charge in [0.2, 0.25) is 10.0 Å². The average molecular weight is 350 g/mol. The SMILES string of the molecule is Cc1c(NS(C)(=O)=O)cccc1C(=O)N[C@@H](C)c1ccc(F)cc1. The van der Waals surface area contributed by atoms with Crippen molar-refractivity contribution in [1.82, 2.24) is 5.32 Å². The number of hydrogen-bond donors (Lipinski definition) is 2. The summed E-state index contributed by atoms with van der Waals surface area (Å²) in [6.45, 7) is 3.46. The van der Waals surface area contributed by atoms with E-state index in [0.717, 1.165) is 11.8 Å². The van der Waals surface area contributed by atoms with E-state index in [9.17, 15) is 17.6 Å². The minimum atomic E-state index is -3.43. The first-order valence-corrected chi connectivity index (χ1v) is 9.20. The van der Waals surface area contributed by atoms with Crippen LogP contribution < -0.4 is 10.0 Å². The Bertz CT molecular complexity index is 849. The number of halogens is 1. The summed E-state index contributed by atoms with van der Waals surface area (Å²) in [7, 11) is -3.43. The second-order valence-corrected chi connectivity index (χ2v) is 7.35. The predicted octanol–water partition coefficient (Wildman–Crippen LogP) is 3.00. The third-order valence-electron chi connectivity index (χ3n) is 3.59. The number of sulfonamides is 1. The highest BCUT2D eigenvalue weighted by atomic mass is 32.2. The molecule has 2 N–H and O–H groups in total. The molecule has 128 valence electrons. The maximum atomic E-state index is 13.0. The van der Waals surface area contributed by atoms with Gasteiger partial charge >= 0.3 is 0 Å². The molecule has 0 fully saturated rings. The molecule has 0 aromatic heterocycles. The molecule has 0 aliphatic rings. The molecule has 0 aliphatic heterocycles. The summed E-state index contributed by atoms with van der Waals surface area (Å²) in [5.41, 5.74) is 2.04. The maximum absolute atomic E-state index is 13.0. The quantitative estimate of drug-likeness (QED) is 0.870. The number of amides is 1. The molecular formula is C17H19FN2O3S. The van der Waals surface area contributed by atoms with Crippen molar-refractivity contribution in [1.29, 1.82) is 0 Å². The van der Waals surface area contributed by atoms with Gasteiger partial charge in [0.05, 0.1) is 18.0 Å². The monoisotopic (exact) mass is 350 g/mol. The van der Waals surface area contributed by atoms with Crippen molar-refractivity contribution in [2.45, 2.75) is 19.9 Å². The highest BCUT2D eigenvalue weighted by molar-refractivity contribution is 7.92. The lowest BCUT2D eigenvalue weighted by Crippen LogP contribution is -2.27. The zero-order chi connectivity index (χ0) is 17.9. The average Bonchev–Trinajstić information content (AvgIpc) is 2.48. The Morgan fingerprint density at radius 1 is 1.12 bits per heavy atom. The van der Waals surface area contributed by atoms with E-state index in [0.29, 0.717) is 16.8 Å². The van der Waals surface area contributed by atoms with Crippen molar-refractivity contribution in [3.8, 4) is 0 Å². The van der Waals surface area contributed by atoms with Gasteiger partial charge in [0, 0.05) is 5.56 Å². The van der Waals surface area contributed by atoms with E-state index >= 15 is 0 Å². The Hall–Kier alpha value is -2.41. The molecule has 0 radical (unpaired) electrons. The number of hydrogen-bond acceptors (Lipinski definition) is 3. The van der Waals surface area contributed by atoms with Crippen LogP contribution in [0.3, 0.4) is 0 Å². The fraction of sp³-hybridized carbons (Fsp3) is 0.235. The number of nitrogens with one attached hydrogen (secondary N) is 2. The number of benzene rings is 2. The third-order valence-corrected chi connectivity index (χ3v) is 4.18. The fourth-order valence-electron chi connectivity index (χ4n) is 2.30. The van der Waals surface area contributed by atoms with Crippen LogP contribution in [-0.2, 0) is 10.0 Å². The number of anilines is 1. The van der Waals surface area contributed by atoms with Gasteiger partial charge in [0.15, 0.2) is 0 Å². The van der Waals surface area contributed by atoms with Gasteiger partial charge in [-0.2, -0.15) is 0 Å². The Balaban J connectivity index is 2.20. The number of rotatable bonds is 5. The van der Waals surface area contributed by atoms with Gasteiger partial charge in [-0.1, -0.05) is 18.2 Å². The van der Waals surface area contributed by atoms with Crippen LogP contribution in [0.15, 0.2) is 42.5 Å². The first-order chi connectivity index (χ1) is 11.2. The van der Waals surface area contributed by atoms with Crippen molar-refractivity contribution < 1.29 is 17.6 Å². The van der Waals surface area contributed by atoms with Crippen molar-refractivity contribution >= 4 is 21.6 Å². The smallest absolute Gasteiger partial charge is 0.252 e. The molecule has 5 nitrogen and oxygen atoms in total. The summed E-state index contributed by atoms with van der Waals surface area (Å²) < 4.78 is 38.1. The zero-order valence-electron chi connectivity index (χ0n) is 13.6. The fourth-order valence-corrected chi connectivity index (χ4v) is 2.92. The van der Waals surface area contributed by atoms with E-state index in [1.807, 2.05) is 0 Å². The topological polar surface area (TPSA) is 75.3 Å². The van der Waals surface area contributed by atoms with Crippen LogP contribution in [0.25, 0.3) is 0 Å². The van der Waals surface area contributed by atoms with Gasteiger partial charge in [-0.15, -0.1) is 0 Å². The lowest BCUT2D eigenvalue weighted by atomic mass is 10.0. The molecule has 0 unspecified atom stereocenters. The zero-order valence-corrected chi connectivity index (χ0v) is 14.4. The van der Waals surface area contributed by atoms with Crippen LogP contribution in [0.2, 0.25) is 0 Å². The van der Waals surface area contributed by atoms with Crippen LogP contribution in [0.4, 0.5) is 10.1 Å². The largest absolute Gasteiger partial charge is 0.346 e. The maximum Gasteiger partial charge on any atom is 0.252 e. The minimum Gasteiger partial charge on any atom is -0.346 e. The second-order valence-electron chi connectivity index (χ2n) is 5.60. The summed E-state index contributed by atoms with van der Waals surface area (Å²) in [4.78, 5) is 12.5. The van der Waals surface area contributed by atoms with Crippen LogP contribution in [-0.4, -0.2) is 20.6 Å². The summed E-state index contributed by atoms with van der Waals surface area (Å²) in [5, 5.41) is 2.82. The van der Waals surface area contributed by atoms with Crippen molar-refractivity contribution in [2.75, 3.05) is 11.0 Å². The van der Waals surface area contributed by atoms with Gasteiger partial charge in [-0.3, -0.25) is 9.52 Å². The van der Waals surface area contributed by atoms with Crippen LogP contribution in [0, 0.1) is 12.7 Å². The molecule has 2 aromatic rings. The molecule has 7 heteroatoms. The highest BCUT2D eigenvalue weighted by Gasteiger charge is 2.16. The molecule has 0 saturated heterocycles. The molecule has 1 atom stereocenters. The van der Waals surface area contributed by atoms with E-state index in [1.54, 1.807) is 44.2 Å². The normalized spacial score (nSPS) is 12.5. The summed E-state index contributed by atoms with van der Waals surface area (Å²) >= 11 is 0. The van der Waals surface area contributed by atoms with Crippen LogP contribution >= 0.6 is 0 Å². The third kappa shape index (κ3) is 4.55. The van der Waals surface area contributed by atoms with Crippen molar-refractivity contribution in [3.63, 3.8) is 0 Å². The standard InChI is InChI=1S/C17H19FN2O3S/c1-11-15(5-4-6-16(11)20-24(3,22)23)17(21)19-12(2)13-7-9-14(18)10-8-13/h4-10,12,20H,1-3H3,(H,19,21)/t12-/m0/s1. The lowest BCUT2D eigenvalue weighted by Gasteiger charge is -2.17. The van der Waals surface area contributed by atoms with E-state index in [-0.39, 0.29) is 17.8 Å². The summed E-state index contributed by atoms with van der Waals surface area (Å²) in [6.07, 6.45) is 1.05. The van der Waals surface area contributed by atoms with E-state index < -0.39 is 10.0 Å². The van der Waals surface area contributed by atoms with E-state index in [4.69, 9.17) is 0 Å². The van der Waals surface area contributed by atoms with Gasteiger partial charge in [0.1, 0.15) is 5.82 Å². The first-order valence-electron chi connectivity index (χ1n) is 7.31. The van der Waals surface area contributed by atoms with Crippen molar-refractivity contribution in [3.05, 3.63) is 65.0 Å². The molecule has 0 aliphatic carbocycles. The van der Waals surface area contributed by atoms with Gasteiger partial charge in [-0.05, 0) is 49.2 Å². The Kier molecular flexibility index (Phi) is 5.23. The summed E-state index contributed by atoms with van der Waals surface area (Å²) in [6, 6.07) is 10.4. The van der Waals surface area contributed by atoms with Gasteiger partial charge in [-0.25, -0.2) is 12.8 Å². The predicted molar refractivity (Wildman–Crippen MR) is 91.9 cm³/mol. The van der Waals surface area contributed by atoms with Crippen LogP contribution in [0.5, 0.6) is 0 Å². The molecule has 1 amide bonds. The molecule has 0 bridgehead atoms. The lowest BCUT2D eigenvalue weighted by molar-refractivity contribution is 0.0939. The molecule has 2 aromatic carbocycles. The second kappa shape index (κ2) is 7.00. The minimum absolute atomic E-state index is 0.316. The Morgan fingerprint density at radius 2 is 1.75 bits per heavy atom. The summed E-state index contributed by atoms with van der Waals surface area (Å²) in [5.74, 6) is -0.672. The number of carbonyl (C=O) groups is 1. The molecule has 0 spiro atoms. The molecule has 0 saturated carbocycles. The van der Waals surface area contributed by atoms with Gasteiger partial charge in [0.25, 0.3) is 5.91 Å². The first kappa shape index (κ1) is 17.9. The molecule has 0 heterocycles. The highest BCUT2D eigenvalue weighted by Crippen LogP contribution is 2.21. The Labute approximate surface area is 141 Å². The number of carbonyl (C=O) groups excluding carboxylic acids is 1. The molecule has 2 rings (SSSR count). The van der Waals surface area contributed by atoms with E-state index in [1.165, 1.54) is 12.1 Å². The van der Waals surface area contributed by atoms with Crippen molar-refractivity contribution in [2.24, 2.45) is 0 Å². The van der Waals surface area contributed by atoms with E-state index in [2.05, 4.69) is 10.0 Å².